The molecule has 0 aliphatic carbocycles. The molecule has 0 spiro atoms. The summed E-state index contributed by atoms with van der Waals surface area (Å²) in [6.07, 6.45) is 2.21. The third-order valence-electron chi connectivity index (χ3n) is 2.63. The lowest BCUT2D eigenvalue weighted by Crippen LogP contribution is -2.38. The number of aromatic hydroxyl groups is 2. The van der Waals surface area contributed by atoms with E-state index in [1.807, 2.05) is 0 Å². The Hall–Kier alpha value is -3.10. The van der Waals surface area contributed by atoms with Crippen molar-refractivity contribution in [1.82, 2.24) is 5.32 Å². The van der Waals surface area contributed by atoms with Gasteiger partial charge in [-0.25, -0.2) is 4.79 Å². The van der Waals surface area contributed by atoms with Crippen LogP contribution in [0.3, 0.4) is 0 Å². The Balaban J connectivity index is 2.88. The molecule has 0 aliphatic rings. The van der Waals surface area contributed by atoms with Crippen LogP contribution in [0.1, 0.15) is 12.5 Å². The summed E-state index contributed by atoms with van der Waals surface area (Å²) in [7, 11) is 1.18. The highest BCUT2D eigenvalue weighted by molar-refractivity contribution is 5.94. The van der Waals surface area contributed by atoms with Crippen LogP contribution in [0.4, 0.5) is 5.69 Å². The third-order valence-corrected chi connectivity index (χ3v) is 2.63. The average molecular weight is 310 g/mol. The maximum atomic E-state index is 11.6. The van der Waals surface area contributed by atoms with Gasteiger partial charge >= 0.3 is 11.7 Å². The highest BCUT2D eigenvalue weighted by atomic mass is 16.6. The molecule has 9 heteroatoms. The molecule has 9 nitrogen and oxygen atoms in total. The first kappa shape index (κ1) is 17.0. The Morgan fingerprint density at radius 2 is 2.05 bits per heavy atom. The number of nitrogens with zero attached hydrogens (tertiary/aromatic N) is 1. The van der Waals surface area contributed by atoms with E-state index in [0.29, 0.717) is 0 Å². The monoisotopic (exact) mass is 310 g/mol. The number of phenols is 2. The van der Waals surface area contributed by atoms with E-state index >= 15 is 0 Å². The second-order valence-corrected chi connectivity index (χ2v) is 4.25. The summed E-state index contributed by atoms with van der Waals surface area (Å²) in [6, 6.07) is 1.18. The number of methoxy groups -OCH3 is 1. The lowest BCUT2D eigenvalue weighted by atomic mass is 10.1. The SMILES string of the molecule is COC(=O)[C@H](C)NC(=O)/C=C/c1cc(O)c(O)c([N+](=O)[O-])c1. The standard InChI is InChI=1S/C13H14N2O7/c1-7(13(19)22-2)14-11(17)4-3-8-5-9(15(20)21)12(18)10(16)6-8/h3-7,16,18H,1-2H3,(H,14,17)/b4-3+/t7-/m0/s1. The van der Waals surface area contributed by atoms with Crippen LogP contribution in [0.5, 0.6) is 11.5 Å². The number of hydrogen-bond donors (Lipinski definition) is 3. The first-order valence-corrected chi connectivity index (χ1v) is 6.03. The van der Waals surface area contributed by atoms with E-state index in [-0.39, 0.29) is 5.56 Å². The van der Waals surface area contributed by atoms with Crippen molar-refractivity contribution in [1.29, 1.82) is 0 Å². The van der Waals surface area contributed by atoms with Crippen molar-refractivity contribution in [2.45, 2.75) is 13.0 Å². The van der Waals surface area contributed by atoms with Gasteiger partial charge in [0, 0.05) is 12.1 Å². The third kappa shape index (κ3) is 4.20. The molecule has 1 atom stereocenters. The molecule has 0 fully saturated rings. The molecule has 0 heterocycles. The van der Waals surface area contributed by atoms with Crippen LogP contribution in [0.15, 0.2) is 18.2 Å². The van der Waals surface area contributed by atoms with Crippen LogP contribution < -0.4 is 5.32 Å². The summed E-state index contributed by atoms with van der Waals surface area (Å²) in [6.45, 7) is 1.43. The topological polar surface area (TPSA) is 139 Å². The van der Waals surface area contributed by atoms with Gasteiger partial charge in [0.25, 0.3) is 0 Å². The molecule has 0 bridgehead atoms. The van der Waals surface area contributed by atoms with Crippen molar-refractivity contribution < 1.29 is 29.5 Å². The van der Waals surface area contributed by atoms with Gasteiger partial charge in [0.05, 0.1) is 12.0 Å². The minimum absolute atomic E-state index is 0.128. The minimum atomic E-state index is -0.869. The zero-order valence-electron chi connectivity index (χ0n) is 11.8. The number of ether oxygens (including phenoxy) is 1. The highest BCUT2D eigenvalue weighted by Crippen LogP contribution is 2.36. The predicted molar refractivity (Wildman–Crippen MR) is 75.1 cm³/mol. The Labute approximate surface area is 125 Å². The Bertz CT molecular complexity index is 640. The van der Waals surface area contributed by atoms with Gasteiger partial charge in [-0.15, -0.1) is 0 Å². The molecule has 0 radical (unpaired) electrons. The van der Waals surface area contributed by atoms with Gasteiger partial charge in [0.2, 0.25) is 11.7 Å². The van der Waals surface area contributed by atoms with Crippen LogP contribution in [0.2, 0.25) is 0 Å². The zero-order valence-corrected chi connectivity index (χ0v) is 11.8. The number of esters is 1. The molecule has 0 aromatic heterocycles. The Morgan fingerprint density at radius 3 is 2.59 bits per heavy atom. The average Bonchev–Trinajstić information content (AvgIpc) is 2.46. The fraction of sp³-hybridized carbons (Fsp3) is 0.231. The molecule has 0 aliphatic heterocycles. The van der Waals surface area contributed by atoms with Crippen molar-refractivity contribution in [2.75, 3.05) is 7.11 Å². The molecule has 22 heavy (non-hydrogen) atoms. The summed E-state index contributed by atoms with van der Waals surface area (Å²) < 4.78 is 4.43. The first-order chi connectivity index (χ1) is 10.3. The quantitative estimate of drug-likeness (QED) is 0.239. The van der Waals surface area contributed by atoms with Crippen LogP contribution in [-0.4, -0.2) is 40.2 Å². The summed E-state index contributed by atoms with van der Waals surface area (Å²) in [5, 5.41) is 31.7. The van der Waals surface area contributed by atoms with Crippen molar-refractivity contribution >= 4 is 23.6 Å². The fourth-order valence-corrected chi connectivity index (χ4v) is 1.53. The van der Waals surface area contributed by atoms with Gasteiger partial charge in [-0.2, -0.15) is 0 Å². The number of amides is 1. The first-order valence-electron chi connectivity index (χ1n) is 6.03. The van der Waals surface area contributed by atoms with Crippen LogP contribution in [0.25, 0.3) is 6.08 Å². The molecule has 3 N–H and O–H groups in total. The van der Waals surface area contributed by atoms with Gasteiger partial charge in [0.1, 0.15) is 6.04 Å². The van der Waals surface area contributed by atoms with E-state index in [0.717, 1.165) is 18.2 Å². The largest absolute Gasteiger partial charge is 0.504 e. The molecule has 1 aromatic rings. The van der Waals surface area contributed by atoms with Crippen molar-refractivity contribution in [2.24, 2.45) is 0 Å². The van der Waals surface area contributed by atoms with Gasteiger partial charge < -0.3 is 20.3 Å². The van der Waals surface area contributed by atoms with Crippen molar-refractivity contribution in [3.8, 4) is 11.5 Å². The number of nitro benzene ring substituents is 1. The molecular formula is C13H14N2O7. The fourth-order valence-electron chi connectivity index (χ4n) is 1.53. The van der Waals surface area contributed by atoms with Gasteiger partial charge in [-0.1, -0.05) is 0 Å². The minimum Gasteiger partial charge on any atom is -0.504 e. The van der Waals surface area contributed by atoms with Crippen LogP contribution in [-0.2, 0) is 14.3 Å². The van der Waals surface area contributed by atoms with E-state index < -0.39 is 40.0 Å². The van der Waals surface area contributed by atoms with E-state index in [1.165, 1.54) is 20.1 Å². The second kappa shape index (κ2) is 7.07. The van der Waals surface area contributed by atoms with Crippen molar-refractivity contribution in [3.63, 3.8) is 0 Å². The van der Waals surface area contributed by atoms with Gasteiger partial charge in [-0.3, -0.25) is 14.9 Å². The van der Waals surface area contributed by atoms with E-state index in [9.17, 15) is 29.9 Å². The molecule has 118 valence electrons. The summed E-state index contributed by atoms with van der Waals surface area (Å²) in [4.78, 5) is 32.5. The number of benzene rings is 1. The van der Waals surface area contributed by atoms with Gasteiger partial charge in [0.15, 0.2) is 5.75 Å². The smallest absolute Gasteiger partial charge is 0.328 e. The molecular weight excluding hydrogens is 296 g/mol. The van der Waals surface area contributed by atoms with Crippen molar-refractivity contribution in [3.05, 3.63) is 33.9 Å². The summed E-state index contributed by atoms with van der Waals surface area (Å²) >= 11 is 0. The van der Waals surface area contributed by atoms with E-state index in [1.54, 1.807) is 0 Å². The number of hydrogen-bond acceptors (Lipinski definition) is 7. The normalized spacial score (nSPS) is 11.9. The number of nitro groups is 1. The lowest BCUT2D eigenvalue weighted by molar-refractivity contribution is -0.386. The predicted octanol–water partition coefficient (Wildman–Crippen LogP) is 0.697. The maximum Gasteiger partial charge on any atom is 0.328 e. The maximum absolute atomic E-state index is 11.6. The van der Waals surface area contributed by atoms with E-state index in [4.69, 9.17) is 0 Å². The highest BCUT2D eigenvalue weighted by Gasteiger charge is 2.18. The zero-order chi connectivity index (χ0) is 16.9. The molecule has 1 aromatic carbocycles. The Morgan fingerprint density at radius 1 is 1.41 bits per heavy atom. The second-order valence-electron chi connectivity index (χ2n) is 4.25. The summed E-state index contributed by atoms with van der Waals surface area (Å²) in [5.41, 5.74) is -0.564. The molecule has 0 saturated carbocycles. The molecule has 1 rings (SSSR count). The van der Waals surface area contributed by atoms with Crippen LogP contribution in [0, 0.1) is 10.1 Å². The number of rotatable bonds is 5. The number of phenolic OH excluding ortho intramolecular Hbond substituents is 2. The molecule has 1 amide bonds. The van der Waals surface area contributed by atoms with Crippen LogP contribution >= 0.6 is 0 Å². The Kier molecular flexibility index (Phi) is 5.44. The number of carbonyl (C=O) groups is 2. The molecule has 0 saturated heterocycles. The number of carbonyl (C=O) groups excluding carboxylic acids is 2. The molecule has 0 unspecified atom stereocenters. The van der Waals surface area contributed by atoms with Gasteiger partial charge in [-0.05, 0) is 24.6 Å². The lowest BCUT2D eigenvalue weighted by Gasteiger charge is -2.09. The summed E-state index contributed by atoms with van der Waals surface area (Å²) in [5.74, 6) is -2.80. The van der Waals surface area contributed by atoms with E-state index in [2.05, 4.69) is 10.1 Å². The number of nitrogens with one attached hydrogen (secondary N) is 1.